The molecule has 1 spiro atoms. The molecule has 0 aliphatic carbocycles. The summed E-state index contributed by atoms with van der Waals surface area (Å²) >= 11 is 0. The Morgan fingerprint density at radius 2 is 1.80 bits per heavy atom. The highest BCUT2D eigenvalue weighted by Crippen LogP contribution is 2.34. The Labute approximate surface area is 151 Å². The van der Waals surface area contributed by atoms with Gasteiger partial charge in [0.05, 0.1) is 0 Å². The van der Waals surface area contributed by atoms with Crippen molar-refractivity contribution in [2.45, 2.75) is 71.9 Å². The fourth-order valence-corrected chi connectivity index (χ4v) is 4.01. The van der Waals surface area contributed by atoms with Crippen LogP contribution < -0.4 is 5.32 Å². The molecule has 0 aromatic carbocycles. The monoisotopic (exact) mass is 351 g/mol. The fraction of sp³-hybridized carbons (Fsp3) is 0.842. The molecule has 0 radical (unpaired) electrons. The molecule has 142 valence electrons. The largest absolute Gasteiger partial charge is 0.342 e. The molecule has 0 aromatic rings. The van der Waals surface area contributed by atoms with Gasteiger partial charge in [0.25, 0.3) is 0 Å². The van der Waals surface area contributed by atoms with E-state index >= 15 is 0 Å². The summed E-state index contributed by atoms with van der Waals surface area (Å²) < 4.78 is 0. The van der Waals surface area contributed by atoms with Gasteiger partial charge in [-0.2, -0.15) is 0 Å². The van der Waals surface area contributed by atoms with Gasteiger partial charge in [0, 0.05) is 25.6 Å². The average Bonchev–Trinajstić information content (AvgIpc) is 2.56. The fourth-order valence-electron chi connectivity index (χ4n) is 4.01. The number of nitrogens with one attached hydrogen (secondary N) is 1. The molecule has 1 unspecified atom stereocenters. The number of amides is 3. The van der Waals surface area contributed by atoms with Gasteiger partial charge in [0.1, 0.15) is 11.6 Å². The van der Waals surface area contributed by atoms with Crippen molar-refractivity contribution < 1.29 is 14.4 Å². The van der Waals surface area contributed by atoms with Gasteiger partial charge < -0.3 is 15.1 Å². The predicted molar refractivity (Wildman–Crippen MR) is 96.8 cm³/mol. The third-order valence-electron chi connectivity index (χ3n) is 5.36. The lowest BCUT2D eigenvalue weighted by molar-refractivity contribution is -0.163. The van der Waals surface area contributed by atoms with Gasteiger partial charge >= 0.3 is 0 Å². The molecule has 0 saturated carbocycles. The van der Waals surface area contributed by atoms with Gasteiger partial charge in [0.15, 0.2) is 0 Å². The number of carbonyl (C=O) groups excluding carboxylic acids is 3. The summed E-state index contributed by atoms with van der Waals surface area (Å²) in [6.07, 6.45) is 2.54. The minimum atomic E-state index is -0.783. The number of hydrogen-bond donors (Lipinski definition) is 1. The maximum absolute atomic E-state index is 13.0. The molecule has 2 aliphatic rings. The normalized spacial score (nSPS) is 23.6. The van der Waals surface area contributed by atoms with Crippen molar-refractivity contribution in [2.75, 3.05) is 19.6 Å². The molecule has 1 atom stereocenters. The zero-order valence-electron chi connectivity index (χ0n) is 16.3. The molecule has 3 amide bonds. The molecule has 2 fully saturated rings. The molecule has 2 rings (SSSR count). The minimum absolute atomic E-state index is 0.0390. The molecule has 0 bridgehead atoms. The van der Waals surface area contributed by atoms with Crippen LogP contribution in [0.25, 0.3) is 0 Å². The lowest BCUT2D eigenvalue weighted by Crippen LogP contribution is -2.73. The van der Waals surface area contributed by atoms with Crippen LogP contribution in [0.3, 0.4) is 0 Å². The van der Waals surface area contributed by atoms with E-state index in [0.29, 0.717) is 44.8 Å². The number of piperazine rings is 1. The SMILES string of the molecule is CCCN1C(=O)C(CC(C)C)NC(=O)C12CCN(C(=O)C(C)C)CC2. The van der Waals surface area contributed by atoms with Gasteiger partial charge in [-0.1, -0.05) is 34.6 Å². The summed E-state index contributed by atoms with van der Waals surface area (Å²) in [6.45, 7) is 11.6. The first-order valence-corrected chi connectivity index (χ1v) is 9.64. The first-order valence-electron chi connectivity index (χ1n) is 9.64. The third-order valence-corrected chi connectivity index (χ3v) is 5.36. The number of piperidine rings is 1. The Balaban J connectivity index is 2.20. The van der Waals surface area contributed by atoms with E-state index in [1.165, 1.54) is 0 Å². The molecule has 2 heterocycles. The molecule has 2 aliphatic heterocycles. The van der Waals surface area contributed by atoms with Crippen molar-refractivity contribution >= 4 is 17.7 Å². The molecule has 6 heteroatoms. The molecule has 1 N–H and O–H groups in total. The minimum Gasteiger partial charge on any atom is -0.342 e. The highest BCUT2D eigenvalue weighted by atomic mass is 16.2. The van der Waals surface area contributed by atoms with E-state index in [0.717, 1.165) is 6.42 Å². The molecule has 0 aromatic heterocycles. The summed E-state index contributed by atoms with van der Waals surface area (Å²) in [4.78, 5) is 41.9. The van der Waals surface area contributed by atoms with Crippen LogP contribution in [0, 0.1) is 11.8 Å². The van der Waals surface area contributed by atoms with Crippen LogP contribution in [0.4, 0.5) is 0 Å². The summed E-state index contributed by atoms with van der Waals surface area (Å²) in [5.41, 5.74) is -0.783. The Hall–Kier alpha value is -1.59. The Morgan fingerprint density at radius 1 is 1.20 bits per heavy atom. The van der Waals surface area contributed by atoms with Crippen LogP contribution >= 0.6 is 0 Å². The summed E-state index contributed by atoms with van der Waals surface area (Å²) in [6, 6.07) is -0.417. The van der Waals surface area contributed by atoms with Crippen molar-refractivity contribution in [1.82, 2.24) is 15.1 Å². The van der Waals surface area contributed by atoms with E-state index in [1.807, 2.05) is 30.6 Å². The summed E-state index contributed by atoms with van der Waals surface area (Å²) in [7, 11) is 0. The van der Waals surface area contributed by atoms with E-state index in [2.05, 4.69) is 19.2 Å². The van der Waals surface area contributed by atoms with Crippen LogP contribution in [0.2, 0.25) is 0 Å². The van der Waals surface area contributed by atoms with Crippen molar-refractivity contribution in [3.63, 3.8) is 0 Å². The van der Waals surface area contributed by atoms with Crippen LogP contribution in [-0.2, 0) is 14.4 Å². The van der Waals surface area contributed by atoms with Crippen molar-refractivity contribution in [3.05, 3.63) is 0 Å². The summed E-state index contributed by atoms with van der Waals surface area (Å²) in [5, 5.41) is 2.98. The van der Waals surface area contributed by atoms with Crippen LogP contribution in [0.1, 0.15) is 60.3 Å². The number of hydrogen-bond acceptors (Lipinski definition) is 3. The van der Waals surface area contributed by atoms with E-state index in [9.17, 15) is 14.4 Å². The first kappa shape index (κ1) is 19.7. The molecule has 6 nitrogen and oxygen atoms in total. The Morgan fingerprint density at radius 3 is 2.28 bits per heavy atom. The van der Waals surface area contributed by atoms with Gasteiger partial charge in [-0.05, 0) is 31.6 Å². The lowest BCUT2D eigenvalue weighted by Gasteiger charge is -2.52. The molecular formula is C19H33N3O3. The molecule has 25 heavy (non-hydrogen) atoms. The van der Waals surface area contributed by atoms with Gasteiger partial charge in [-0.25, -0.2) is 0 Å². The zero-order valence-corrected chi connectivity index (χ0v) is 16.3. The maximum atomic E-state index is 13.0. The van der Waals surface area contributed by atoms with Crippen LogP contribution in [-0.4, -0.2) is 58.7 Å². The predicted octanol–water partition coefficient (Wildman–Crippen LogP) is 1.79. The maximum Gasteiger partial charge on any atom is 0.246 e. The van der Waals surface area contributed by atoms with Crippen molar-refractivity contribution in [3.8, 4) is 0 Å². The summed E-state index contributed by atoms with van der Waals surface area (Å²) in [5.74, 6) is 0.425. The van der Waals surface area contributed by atoms with E-state index < -0.39 is 11.6 Å². The quantitative estimate of drug-likeness (QED) is 0.821. The lowest BCUT2D eigenvalue weighted by atomic mass is 9.80. The number of nitrogens with zero attached hydrogens (tertiary/aromatic N) is 2. The van der Waals surface area contributed by atoms with Gasteiger partial charge in [-0.3, -0.25) is 14.4 Å². The van der Waals surface area contributed by atoms with Gasteiger partial charge in [0.2, 0.25) is 17.7 Å². The number of rotatable bonds is 5. The Bertz CT molecular complexity index is 522. The van der Waals surface area contributed by atoms with Crippen LogP contribution in [0.5, 0.6) is 0 Å². The first-order chi connectivity index (χ1) is 11.7. The molecule has 2 saturated heterocycles. The molecular weight excluding hydrogens is 318 g/mol. The second-order valence-electron chi connectivity index (χ2n) is 8.16. The highest BCUT2D eigenvalue weighted by molar-refractivity contribution is 6.00. The number of likely N-dealkylation sites (tertiary alicyclic amines) is 1. The van der Waals surface area contributed by atoms with E-state index in [-0.39, 0.29) is 23.6 Å². The van der Waals surface area contributed by atoms with E-state index in [4.69, 9.17) is 0 Å². The number of carbonyl (C=O) groups is 3. The van der Waals surface area contributed by atoms with Crippen molar-refractivity contribution in [1.29, 1.82) is 0 Å². The van der Waals surface area contributed by atoms with Gasteiger partial charge in [-0.15, -0.1) is 0 Å². The van der Waals surface area contributed by atoms with Crippen molar-refractivity contribution in [2.24, 2.45) is 11.8 Å². The Kier molecular flexibility index (Phi) is 6.12. The standard InChI is InChI=1S/C19H33N3O3/c1-6-9-22-17(24)15(12-13(2)3)20-18(25)19(22)7-10-21(11-8-19)16(23)14(4)5/h13-15H,6-12H2,1-5H3,(H,20,25). The topological polar surface area (TPSA) is 69.7 Å². The highest BCUT2D eigenvalue weighted by Gasteiger charge is 2.53. The zero-order chi connectivity index (χ0) is 18.8. The van der Waals surface area contributed by atoms with E-state index in [1.54, 1.807) is 0 Å². The third kappa shape index (κ3) is 3.82. The smallest absolute Gasteiger partial charge is 0.246 e. The second kappa shape index (κ2) is 7.75. The van der Waals surface area contributed by atoms with Crippen LogP contribution in [0.15, 0.2) is 0 Å². The average molecular weight is 351 g/mol. The second-order valence-corrected chi connectivity index (χ2v) is 8.16.